The van der Waals surface area contributed by atoms with E-state index in [1.807, 2.05) is 24.1 Å². The molecule has 17 heavy (non-hydrogen) atoms. The van der Waals surface area contributed by atoms with E-state index < -0.39 is 0 Å². The quantitative estimate of drug-likeness (QED) is 0.637. The monoisotopic (exact) mass is 239 g/mol. The van der Waals surface area contributed by atoms with E-state index in [0.29, 0.717) is 13.2 Å². The third-order valence-electron chi connectivity index (χ3n) is 2.46. The number of nitrogens with zero attached hydrogens (tertiary/aromatic N) is 2. The molecule has 0 spiro atoms. The van der Waals surface area contributed by atoms with E-state index in [1.54, 1.807) is 13.3 Å². The Bertz CT molecular complexity index is 320. The first-order chi connectivity index (χ1) is 8.29. The van der Waals surface area contributed by atoms with Gasteiger partial charge in [0.15, 0.2) is 0 Å². The van der Waals surface area contributed by atoms with Crippen LogP contribution in [-0.2, 0) is 11.3 Å². The molecule has 0 bridgehead atoms. The Morgan fingerprint density at radius 3 is 3.06 bits per heavy atom. The highest BCUT2D eigenvalue weighted by Gasteiger charge is 2.07. The van der Waals surface area contributed by atoms with Gasteiger partial charge in [-0.2, -0.15) is 0 Å². The Morgan fingerprint density at radius 1 is 1.53 bits per heavy atom. The summed E-state index contributed by atoms with van der Waals surface area (Å²) in [7, 11) is 3.61. The van der Waals surface area contributed by atoms with Crippen LogP contribution in [0.25, 0.3) is 0 Å². The van der Waals surface area contributed by atoms with Crippen molar-refractivity contribution in [2.45, 2.75) is 6.54 Å². The number of hydrogen-bond acceptors (Lipinski definition) is 5. The van der Waals surface area contributed by atoms with E-state index in [2.05, 4.69) is 10.3 Å². The molecule has 0 aromatic carbocycles. The number of hydrogen-bond donors (Lipinski definition) is 2. The third kappa shape index (κ3) is 4.68. The molecule has 0 aliphatic rings. The van der Waals surface area contributed by atoms with E-state index in [4.69, 9.17) is 9.84 Å². The molecule has 0 radical (unpaired) electrons. The van der Waals surface area contributed by atoms with Gasteiger partial charge < -0.3 is 20.1 Å². The molecule has 1 rings (SSSR count). The smallest absolute Gasteiger partial charge is 0.132 e. The number of pyridine rings is 1. The predicted molar refractivity (Wildman–Crippen MR) is 68.2 cm³/mol. The Balaban J connectivity index is 2.57. The van der Waals surface area contributed by atoms with Crippen molar-refractivity contribution in [1.29, 1.82) is 0 Å². The fourth-order valence-electron chi connectivity index (χ4n) is 1.57. The van der Waals surface area contributed by atoms with Crippen LogP contribution in [0.3, 0.4) is 0 Å². The first-order valence-electron chi connectivity index (χ1n) is 5.75. The predicted octanol–water partition coefficient (Wildman–Crippen LogP) is 0.246. The molecule has 0 aliphatic carbocycles. The summed E-state index contributed by atoms with van der Waals surface area (Å²) in [5, 5.41) is 12.2. The van der Waals surface area contributed by atoms with Crippen molar-refractivity contribution in [1.82, 2.24) is 10.3 Å². The molecular formula is C12H21N3O2. The van der Waals surface area contributed by atoms with Crippen LogP contribution in [0.5, 0.6) is 0 Å². The van der Waals surface area contributed by atoms with E-state index in [1.165, 1.54) is 0 Å². The molecule has 1 aromatic heterocycles. The van der Waals surface area contributed by atoms with Crippen LogP contribution in [0.1, 0.15) is 5.56 Å². The van der Waals surface area contributed by atoms with Crippen LogP contribution < -0.4 is 10.2 Å². The molecule has 0 fully saturated rings. The molecule has 1 heterocycles. The standard InChI is InChI=1S/C12H21N3O2/c1-15(7-8-16)12-11(4-3-5-14-12)10-13-6-9-17-2/h3-5,13,16H,6-10H2,1-2H3. The molecule has 0 atom stereocenters. The van der Waals surface area contributed by atoms with Crippen LogP contribution in [0.4, 0.5) is 5.82 Å². The van der Waals surface area contributed by atoms with Gasteiger partial charge in [-0.1, -0.05) is 6.07 Å². The van der Waals surface area contributed by atoms with Gasteiger partial charge in [-0.3, -0.25) is 0 Å². The fourth-order valence-corrected chi connectivity index (χ4v) is 1.57. The molecule has 0 saturated heterocycles. The summed E-state index contributed by atoms with van der Waals surface area (Å²) >= 11 is 0. The normalized spacial score (nSPS) is 10.5. The number of anilines is 1. The van der Waals surface area contributed by atoms with Gasteiger partial charge in [-0.05, 0) is 6.07 Å². The highest BCUT2D eigenvalue weighted by molar-refractivity contribution is 5.45. The molecule has 2 N–H and O–H groups in total. The van der Waals surface area contributed by atoms with Crippen LogP contribution in [0.2, 0.25) is 0 Å². The second-order valence-electron chi connectivity index (χ2n) is 3.80. The molecule has 0 unspecified atom stereocenters. The van der Waals surface area contributed by atoms with Gasteiger partial charge in [0.05, 0.1) is 13.2 Å². The molecular weight excluding hydrogens is 218 g/mol. The van der Waals surface area contributed by atoms with Crippen LogP contribution in [0.15, 0.2) is 18.3 Å². The van der Waals surface area contributed by atoms with E-state index in [9.17, 15) is 0 Å². The van der Waals surface area contributed by atoms with Gasteiger partial charge in [0.2, 0.25) is 0 Å². The summed E-state index contributed by atoms with van der Waals surface area (Å²) in [6.45, 7) is 2.98. The lowest BCUT2D eigenvalue weighted by Gasteiger charge is -2.20. The lowest BCUT2D eigenvalue weighted by atomic mass is 10.2. The van der Waals surface area contributed by atoms with E-state index >= 15 is 0 Å². The second-order valence-corrected chi connectivity index (χ2v) is 3.80. The number of aromatic nitrogens is 1. The number of ether oxygens (including phenoxy) is 1. The zero-order valence-corrected chi connectivity index (χ0v) is 10.5. The van der Waals surface area contributed by atoms with Crippen molar-refractivity contribution in [3.63, 3.8) is 0 Å². The Hall–Kier alpha value is -1.17. The Morgan fingerprint density at radius 2 is 2.35 bits per heavy atom. The minimum atomic E-state index is 0.129. The average Bonchev–Trinajstić information content (AvgIpc) is 2.35. The van der Waals surface area contributed by atoms with Gasteiger partial charge in [0, 0.05) is 45.6 Å². The van der Waals surface area contributed by atoms with Crippen molar-refractivity contribution < 1.29 is 9.84 Å². The molecule has 0 amide bonds. The van der Waals surface area contributed by atoms with Crippen molar-refractivity contribution in [3.8, 4) is 0 Å². The van der Waals surface area contributed by atoms with Crippen molar-refractivity contribution in [2.75, 3.05) is 45.4 Å². The number of methoxy groups -OCH3 is 1. The first kappa shape index (κ1) is 13.9. The zero-order chi connectivity index (χ0) is 12.5. The molecule has 5 nitrogen and oxygen atoms in total. The fraction of sp³-hybridized carbons (Fsp3) is 0.583. The van der Waals surface area contributed by atoms with Crippen molar-refractivity contribution in [3.05, 3.63) is 23.9 Å². The number of aliphatic hydroxyl groups is 1. The summed E-state index contributed by atoms with van der Waals surface area (Å²) in [5.74, 6) is 0.909. The maximum atomic E-state index is 8.93. The Labute approximate surface area is 102 Å². The minimum absolute atomic E-state index is 0.129. The highest BCUT2D eigenvalue weighted by atomic mass is 16.5. The van der Waals surface area contributed by atoms with Crippen LogP contribution in [0, 0.1) is 0 Å². The molecule has 0 aliphatic heterocycles. The number of nitrogens with one attached hydrogen (secondary N) is 1. The molecule has 96 valence electrons. The maximum Gasteiger partial charge on any atom is 0.132 e. The summed E-state index contributed by atoms with van der Waals surface area (Å²) in [6.07, 6.45) is 1.77. The first-order valence-corrected chi connectivity index (χ1v) is 5.75. The Kier molecular flexibility index (Phi) is 6.54. The van der Waals surface area contributed by atoms with Gasteiger partial charge in [-0.25, -0.2) is 4.98 Å². The lowest BCUT2D eigenvalue weighted by Crippen LogP contribution is -2.25. The number of rotatable bonds is 8. The summed E-state index contributed by atoms with van der Waals surface area (Å²) in [5.41, 5.74) is 1.12. The minimum Gasteiger partial charge on any atom is -0.395 e. The van der Waals surface area contributed by atoms with Gasteiger partial charge in [0.25, 0.3) is 0 Å². The summed E-state index contributed by atoms with van der Waals surface area (Å²) in [4.78, 5) is 6.29. The highest BCUT2D eigenvalue weighted by Crippen LogP contribution is 2.14. The molecule has 5 heteroatoms. The molecule has 0 saturated carbocycles. The number of aliphatic hydroxyl groups excluding tert-OH is 1. The zero-order valence-electron chi connectivity index (χ0n) is 10.5. The van der Waals surface area contributed by atoms with Crippen molar-refractivity contribution >= 4 is 5.82 Å². The SMILES string of the molecule is COCCNCc1cccnc1N(C)CCO. The van der Waals surface area contributed by atoms with Crippen molar-refractivity contribution in [2.24, 2.45) is 0 Å². The third-order valence-corrected chi connectivity index (χ3v) is 2.46. The largest absolute Gasteiger partial charge is 0.395 e. The maximum absolute atomic E-state index is 8.93. The van der Waals surface area contributed by atoms with E-state index in [-0.39, 0.29) is 6.61 Å². The summed E-state index contributed by atoms with van der Waals surface area (Å²) < 4.78 is 4.97. The van der Waals surface area contributed by atoms with Crippen LogP contribution in [-0.4, -0.2) is 50.6 Å². The second kappa shape index (κ2) is 8.00. The van der Waals surface area contributed by atoms with Gasteiger partial charge in [-0.15, -0.1) is 0 Å². The average molecular weight is 239 g/mol. The summed E-state index contributed by atoms with van der Waals surface area (Å²) in [6, 6.07) is 3.96. The van der Waals surface area contributed by atoms with Crippen LogP contribution >= 0.6 is 0 Å². The topological polar surface area (TPSA) is 57.6 Å². The van der Waals surface area contributed by atoms with Gasteiger partial charge in [0.1, 0.15) is 5.82 Å². The molecule has 1 aromatic rings. The van der Waals surface area contributed by atoms with Gasteiger partial charge >= 0.3 is 0 Å². The lowest BCUT2D eigenvalue weighted by molar-refractivity contribution is 0.199. The number of likely N-dealkylation sites (N-methyl/N-ethyl adjacent to an activating group) is 1. The van der Waals surface area contributed by atoms with E-state index in [0.717, 1.165) is 24.5 Å².